The molecule has 608 valence electrons. The van der Waals surface area contributed by atoms with Gasteiger partial charge in [-0.1, -0.05) is 338 Å². The molecule has 3 rings (SSSR count). The van der Waals surface area contributed by atoms with Crippen LogP contribution in [0.15, 0.2) is 60.8 Å². The van der Waals surface area contributed by atoms with Crippen molar-refractivity contribution < 1.29 is 89.4 Å². The van der Waals surface area contributed by atoms with Crippen LogP contribution in [0, 0.1) is 0 Å². The van der Waals surface area contributed by atoms with Crippen molar-refractivity contribution in [3.8, 4) is 0 Å². The lowest BCUT2D eigenvalue weighted by Gasteiger charge is -2.48. The topological polar surface area (TPSA) is 307 Å². The Bertz CT molecular complexity index is 2110. The molecule has 0 bridgehead atoms. The quantitative estimate of drug-likeness (QED) is 0.0199. The summed E-state index contributed by atoms with van der Waals surface area (Å²) in [4.78, 5) is 13.5. The summed E-state index contributed by atoms with van der Waals surface area (Å²) in [7, 11) is 0. The summed E-state index contributed by atoms with van der Waals surface area (Å²) in [6.45, 7) is 1.74. The molecule has 3 heterocycles. The molecule has 19 nitrogen and oxygen atoms in total. The lowest BCUT2D eigenvalue weighted by molar-refractivity contribution is -0.379. The number of aliphatic hydroxyl groups excluding tert-OH is 11. The van der Waals surface area contributed by atoms with Crippen LogP contribution < -0.4 is 5.32 Å². The standard InChI is InChI=1S/C85H155NO18/c1-3-5-7-9-11-13-15-17-19-21-23-25-27-29-31-33-34-35-37-39-41-43-45-47-49-51-53-55-57-59-61-63-73(91)86-68(69(90)62-60-58-56-54-52-50-48-46-44-42-40-38-36-32-30-28-26-24-22-20-18-16-14-12-10-8-6-4-2)67-99-83-79(97)76(94)81(71(65-88)101-83)104-85-80(98)77(95)82(72(66-89)102-85)103-84-78(96)75(93)74(92)70(64-87)100-84/h5,7,11,13,17,19,23,25,29,31,68-72,74-85,87-90,92-98H,3-4,6,8-10,12,14-16,18,20-22,24,26-28,30,32-67H2,1-2H3,(H,86,91)/b7-5-,13-11-,19-17-,25-23-,31-29-. The molecular weight excluding hydrogens is 1320 g/mol. The van der Waals surface area contributed by atoms with Crippen molar-refractivity contribution in [2.24, 2.45) is 0 Å². The number of carbonyl (C=O) groups is 1. The van der Waals surface area contributed by atoms with Crippen molar-refractivity contribution >= 4 is 5.91 Å². The molecule has 3 aliphatic heterocycles. The number of amides is 1. The molecule has 12 N–H and O–H groups in total. The molecule has 3 fully saturated rings. The van der Waals surface area contributed by atoms with Crippen molar-refractivity contribution in [2.75, 3.05) is 26.4 Å². The number of nitrogens with one attached hydrogen (secondary N) is 1. The molecule has 0 aromatic rings. The van der Waals surface area contributed by atoms with Gasteiger partial charge in [0.1, 0.15) is 73.2 Å². The average molecular weight is 1480 g/mol. The molecule has 0 spiro atoms. The van der Waals surface area contributed by atoms with Crippen molar-refractivity contribution in [3.05, 3.63) is 60.8 Å². The Balaban J connectivity index is 1.35. The molecule has 1 amide bonds. The summed E-state index contributed by atoms with van der Waals surface area (Å²) >= 11 is 0. The van der Waals surface area contributed by atoms with E-state index in [0.717, 1.165) is 77.0 Å². The maximum Gasteiger partial charge on any atom is 0.220 e. The molecule has 0 aromatic carbocycles. The average Bonchev–Trinajstić information content (AvgIpc) is 0.783. The normalized spacial score (nSPS) is 26.2. The third kappa shape index (κ3) is 44.4. The molecule has 3 saturated heterocycles. The van der Waals surface area contributed by atoms with Gasteiger partial charge in [0.15, 0.2) is 18.9 Å². The zero-order valence-corrected chi connectivity index (χ0v) is 65.3. The van der Waals surface area contributed by atoms with Gasteiger partial charge in [0.2, 0.25) is 5.91 Å². The second-order valence-electron chi connectivity index (χ2n) is 30.3. The van der Waals surface area contributed by atoms with Crippen LogP contribution in [0.2, 0.25) is 0 Å². The van der Waals surface area contributed by atoms with Crippen molar-refractivity contribution in [2.45, 2.75) is 446 Å². The first-order chi connectivity index (χ1) is 50.8. The van der Waals surface area contributed by atoms with Gasteiger partial charge in [-0.25, -0.2) is 0 Å². The minimum Gasteiger partial charge on any atom is -0.394 e. The van der Waals surface area contributed by atoms with Crippen molar-refractivity contribution in [1.29, 1.82) is 0 Å². The van der Waals surface area contributed by atoms with E-state index in [9.17, 15) is 61.0 Å². The van der Waals surface area contributed by atoms with E-state index in [4.69, 9.17) is 28.4 Å². The Kier molecular flexibility index (Phi) is 60.0. The smallest absolute Gasteiger partial charge is 0.220 e. The summed E-state index contributed by atoms with van der Waals surface area (Å²) in [6.07, 6.45) is 57.4. The molecule has 104 heavy (non-hydrogen) atoms. The Morgan fingerprint density at radius 3 is 1.04 bits per heavy atom. The lowest BCUT2D eigenvalue weighted by Crippen LogP contribution is -2.66. The second-order valence-corrected chi connectivity index (χ2v) is 30.3. The van der Waals surface area contributed by atoms with E-state index in [2.05, 4.69) is 79.9 Å². The van der Waals surface area contributed by atoms with Crippen molar-refractivity contribution in [3.63, 3.8) is 0 Å². The Morgan fingerprint density at radius 1 is 0.356 bits per heavy atom. The summed E-state index contributed by atoms with van der Waals surface area (Å²) in [5.74, 6) is -0.239. The second kappa shape index (κ2) is 65.2. The molecule has 0 aromatic heterocycles. The highest BCUT2D eigenvalue weighted by Crippen LogP contribution is 2.33. The Morgan fingerprint density at radius 2 is 0.663 bits per heavy atom. The molecule has 17 atom stereocenters. The highest BCUT2D eigenvalue weighted by molar-refractivity contribution is 5.76. The molecule has 0 saturated carbocycles. The van der Waals surface area contributed by atoms with Gasteiger partial charge in [-0.2, -0.15) is 0 Å². The van der Waals surface area contributed by atoms with Crippen LogP contribution in [0.4, 0.5) is 0 Å². The summed E-state index contributed by atoms with van der Waals surface area (Å²) in [5, 5.41) is 121. The van der Waals surface area contributed by atoms with Gasteiger partial charge in [0.25, 0.3) is 0 Å². The number of allylic oxidation sites excluding steroid dienone is 10. The summed E-state index contributed by atoms with van der Waals surface area (Å²) < 4.78 is 34.6. The van der Waals surface area contributed by atoms with Crippen LogP contribution in [0.5, 0.6) is 0 Å². The lowest BCUT2D eigenvalue weighted by atomic mass is 9.96. The molecular formula is C85H155NO18. The summed E-state index contributed by atoms with van der Waals surface area (Å²) in [6, 6.07) is -0.891. The van der Waals surface area contributed by atoms with E-state index in [-0.39, 0.29) is 18.9 Å². The van der Waals surface area contributed by atoms with Crippen LogP contribution in [-0.2, 0) is 33.2 Å². The van der Waals surface area contributed by atoms with Gasteiger partial charge in [-0.15, -0.1) is 0 Å². The first-order valence-corrected chi connectivity index (χ1v) is 42.5. The van der Waals surface area contributed by atoms with Crippen molar-refractivity contribution in [1.82, 2.24) is 5.32 Å². The van der Waals surface area contributed by atoms with Crippen LogP contribution in [0.3, 0.4) is 0 Å². The van der Waals surface area contributed by atoms with E-state index >= 15 is 0 Å². The molecule has 19 heteroatoms. The van der Waals surface area contributed by atoms with Gasteiger partial charge in [-0.3, -0.25) is 4.79 Å². The van der Waals surface area contributed by atoms with Gasteiger partial charge < -0.3 is 89.9 Å². The van der Waals surface area contributed by atoms with Gasteiger partial charge in [-0.05, 0) is 57.8 Å². The van der Waals surface area contributed by atoms with Crippen LogP contribution >= 0.6 is 0 Å². The minimum atomic E-state index is -1.97. The van der Waals surface area contributed by atoms with Crippen LogP contribution in [-0.4, -0.2) is 193 Å². The first-order valence-electron chi connectivity index (χ1n) is 42.5. The number of hydrogen-bond acceptors (Lipinski definition) is 18. The Hall–Kier alpha value is -2.51. The maximum atomic E-state index is 13.5. The van der Waals surface area contributed by atoms with Crippen LogP contribution in [0.25, 0.3) is 0 Å². The highest BCUT2D eigenvalue weighted by atomic mass is 16.8. The number of unbranched alkanes of at least 4 members (excludes halogenated alkanes) is 42. The SMILES string of the molecule is CC/C=C\C/C=C\C/C=C\C/C=C\C/C=C\CCCCCCCCCCCCCCCCCC(=O)NC(COC1OC(CO)C(OC2OC(CO)C(OC3OC(CO)C(O)C(O)C3O)C(O)C2O)C(O)C1O)C(O)CCCCCCCCCCCCCCCCCCCCCCCCCCCCCC. The molecule has 0 aliphatic carbocycles. The number of aliphatic hydroxyl groups is 11. The predicted molar refractivity (Wildman–Crippen MR) is 415 cm³/mol. The number of ether oxygens (including phenoxy) is 6. The molecule has 0 radical (unpaired) electrons. The van der Waals surface area contributed by atoms with E-state index < -0.39 is 124 Å². The van der Waals surface area contributed by atoms with Crippen LogP contribution in [0.1, 0.15) is 341 Å². The Labute approximate surface area is 630 Å². The predicted octanol–water partition coefficient (Wildman–Crippen LogP) is 15.0. The number of rotatable bonds is 68. The van der Waals surface area contributed by atoms with E-state index in [1.807, 2.05) is 0 Å². The maximum absolute atomic E-state index is 13.5. The van der Waals surface area contributed by atoms with Gasteiger partial charge in [0, 0.05) is 6.42 Å². The highest BCUT2D eigenvalue weighted by Gasteiger charge is 2.54. The summed E-state index contributed by atoms with van der Waals surface area (Å²) in [5.41, 5.74) is 0. The monoisotopic (exact) mass is 1480 g/mol. The van der Waals surface area contributed by atoms with Gasteiger partial charge in [0.05, 0.1) is 38.6 Å². The van der Waals surface area contributed by atoms with E-state index in [1.54, 1.807) is 0 Å². The largest absolute Gasteiger partial charge is 0.394 e. The first kappa shape index (κ1) is 95.7. The van der Waals surface area contributed by atoms with E-state index in [0.29, 0.717) is 12.8 Å². The minimum absolute atomic E-state index is 0.239. The van der Waals surface area contributed by atoms with E-state index in [1.165, 1.54) is 231 Å². The third-order valence-corrected chi connectivity index (χ3v) is 21.1. The molecule has 17 unspecified atom stereocenters. The van der Waals surface area contributed by atoms with Gasteiger partial charge >= 0.3 is 0 Å². The fourth-order valence-corrected chi connectivity index (χ4v) is 14.3. The third-order valence-electron chi connectivity index (χ3n) is 21.1. The number of hydrogen-bond donors (Lipinski definition) is 12. The fourth-order valence-electron chi connectivity index (χ4n) is 14.3. The zero-order valence-electron chi connectivity index (χ0n) is 65.3. The zero-order chi connectivity index (χ0) is 75.3. The molecule has 3 aliphatic rings. The fraction of sp³-hybridized carbons (Fsp3) is 0.871. The number of carbonyl (C=O) groups excluding carboxylic acids is 1.